The molecule has 0 bridgehead atoms. The van der Waals surface area contributed by atoms with Crippen LogP contribution in [0.25, 0.3) is 0 Å². The Morgan fingerprint density at radius 2 is 1.89 bits per heavy atom. The lowest BCUT2D eigenvalue weighted by molar-refractivity contribution is -0.140. The highest BCUT2D eigenvalue weighted by Gasteiger charge is 2.23. The molecular weight excluding hydrogens is 358 g/mol. The second kappa shape index (κ2) is 9.97. The predicted molar refractivity (Wildman–Crippen MR) is 105 cm³/mol. The van der Waals surface area contributed by atoms with Crippen molar-refractivity contribution in [2.24, 2.45) is 0 Å². The molecule has 28 heavy (non-hydrogen) atoms. The van der Waals surface area contributed by atoms with Gasteiger partial charge in [-0.15, -0.1) is 0 Å². The highest BCUT2D eigenvalue weighted by Crippen LogP contribution is 2.17. The fraction of sp³-hybridized carbons (Fsp3) is 0.286. The van der Waals surface area contributed by atoms with Crippen molar-refractivity contribution in [2.75, 3.05) is 25.5 Å². The van der Waals surface area contributed by atoms with E-state index in [2.05, 4.69) is 5.32 Å². The minimum atomic E-state index is -0.793. The summed E-state index contributed by atoms with van der Waals surface area (Å²) in [5, 5.41) is 11.7. The van der Waals surface area contributed by atoms with Gasteiger partial charge >= 0.3 is 0 Å². The number of hydrogen-bond donors (Lipinski definition) is 1. The molecular formula is C21H23N3O4. The number of ether oxygens (including phenoxy) is 2. The number of amides is 2. The number of benzene rings is 2. The Hall–Kier alpha value is -3.53. The molecule has 0 spiro atoms. The van der Waals surface area contributed by atoms with Crippen molar-refractivity contribution in [1.82, 2.24) is 4.90 Å². The van der Waals surface area contributed by atoms with E-state index in [1.807, 2.05) is 6.07 Å². The highest BCUT2D eigenvalue weighted by molar-refractivity contribution is 5.95. The largest absolute Gasteiger partial charge is 0.497 e. The van der Waals surface area contributed by atoms with E-state index in [9.17, 15) is 9.59 Å². The molecule has 7 heteroatoms. The van der Waals surface area contributed by atoms with E-state index >= 15 is 0 Å². The monoisotopic (exact) mass is 381 g/mol. The number of anilines is 1. The maximum Gasteiger partial charge on any atom is 0.263 e. The first-order chi connectivity index (χ1) is 13.5. The Balaban J connectivity index is 1.97. The summed E-state index contributed by atoms with van der Waals surface area (Å²) in [6.45, 7) is 3.67. The summed E-state index contributed by atoms with van der Waals surface area (Å²) >= 11 is 0. The van der Waals surface area contributed by atoms with Crippen molar-refractivity contribution in [1.29, 1.82) is 5.26 Å². The zero-order valence-corrected chi connectivity index (χ0v) is 16.1. The van der Waals surface area contributed by atoms with Crippen molar-refractivity contribution in [3.63, 3.8) is 0 Å². The summed E-state index contributed by atoms with van der Waals surface area (Å²) in [4.78, 5) is 26.4. The number of nitriles is 1. The van der Waals surface area contributed by atoms with Crippen molar-refractivity contribution in [3.05, 3.63) is 54.1 Å². The summed E-state index contributed by atoms with van der Waals surface area (Å²) in [7, 11) is 1.55. The van der Waals surface area contributed by atoms with Crippen LogP contribution < -0.4 is 14.8 Å². The molecule has 1 atom stereocenters. The predicted octanol–water partition coefficient (Wildman–Crippen LogP) is 2.82. The van der Waals surface area contributed by atoms with Crippen LogP contribution in [0.1, 0.15) is 19.4 Å². The van der Waals surface area contributed by atoms with Crippen LogP contribution >= 0.6 is 0 Å². The number of rotatable bonds is 8. The number of carbonyl (C=O) groups excluding carboxylic acids is 2. The molecule has 0 aliphatic heterocycles. The fourth-order valence-corrected chi connectivity index (χ4v) is 2.57. The minimum Gasteiger partial charge on any atom is -0.497 e. The quantitative estimate of drug-likeness (QED) is 0.759. The second-order valence-electron chi connectivity index (χ2n) is 6.03. The van der Waals surface area contributed by atoms with Gasteiger partial charge in [-0.25, -0.2) is 0 Å². The average molecular weight is 381 g/mol. The number of likely N-dealkylation sites (N-methyl/N-ethyl adjacent to an activating group) is 1. The smallest absolute Gasteiger partial charge is 0.263 e. The summed E-state index contributed by atoms with van der Waals surface area (Å²) in [5.41, 5.74) is 1.03. The number of carbonyl (C=O) groups is 2. The lowest BCUT2D eigenvalue weighted by Gasteiger charge is -2.24. The molecule has 0 fully saturated rings. The van der Waals surface area contributed by atoms with Gasteiger partial charge in [0.2, 0.25) is 5.91 Å². The molecule has 0 saturated heterocycles. The fourth-order valence-electron chi connectivity index (χ4n) is 2.57. The Morgan fingerprint density at radius 1 is 1.18 bits per heavy atom. The van der Waals surface area contributed by atoms with E-state index < -0.39 is 6.10 Å². The summed E-state index contributed by atoms with van der Waals surface area (Å²) < 4.78 is 10.8. The molecule has 2 aromatic carbocycles. The normalized spacial score (nSPS) is 11.1. The van der Waals surface area contributed by atoms with Crippen LogP contribution in [0.2, 0.25) is 0 Å². The molecule has 0 aromatic heterocycles. The zero-order valence-electron chi connectivity index (χ0n) is 16.1. The van der Waals surface area contributed by atoms with E-state index in [0.29, 0.717) is 29.3 Å². The van der Waals surface area contributed by atoms with Gasteiger partial charge in [-0.05, 0) is 44.2 Å². The van der Waals surface area contributed by atoms with E-state index in [1.165, 1.54) is 4.90 Å². The third kappa shape index (κ3) is 5.74. The molecule has 7 nitrogen and oxygen atoms in total. The molecule has 1 N–H and O–H groups in total. The molecule has 1 unspecified atom stereocenters. The van der Waals surface area contributed by atoms with Gasteiger partial charge in [0.1, 0.15) is 11.5 Å². The SMILES string of the molecule is CCN(CC(=O)Nc1cccc(OC)c1)C(=O)C(C)Oc1cccc(C#N)c1. The first-order valence-electron chi connectivity index (χ1n) is 8.86. The molecule has 0 saturated carbocycles. The van der Waals surface area contributed by atoms with E-state index in [0.717, 1.165) is 0 Å². The summed E-state index contributed by atoms with van der Waals surface area (Å²) in [5.74, 6) is 0.424. The Kier molecular flexibility index (Phi) is 7.40. The Morgan fingerprint density at radius 3 is 2.57 bits per heavy atom. The third-order valence-electron chi connectivity index (χ3n) is 4.01. The third-order valence-corrected chi connectivity index (χ3v) is 4.01. The van der Waals surface area contributed by atoms with E-state index in [1.54, 1.807) is 69.5 Å². The Labute approximate surface area is 164 Å². The standard InChI is InChI=1S/C21H23N3O4/c1-4-24(14-20(25)23-17-8-6-9-18(12-17)27-3)21(26)15(2)28-19-10-5-7-16(11-19)13-22/h5-12,15H,4,14H2,1-3H3,(H,23,25). The molecule has 0 aliphatic carbocycles. The van der Waals surface area contributed by atoms with Gasteiger partial charge in [-0.2, -0.15) is 5.26 Å². The molecule has 146 valence electrons. The first kappa shape index (κ1) is 20.8. The van der Waals surface area contributed by atoms with Gasteiger partial charge < -0.3 is 19.7 Å². The van der Waals surface area contributed by atoms with Crippen LogP contribution in [0, 0.1) is 11.3 Å². The summed E-state index contributed by atoms with van der Waals surface area (Å²) in [6.07, 6.45) is -0.793. The van der Waals surface area contributed by atoms with Crippen LogP contribution in [-0.4, -0.2) is 43.0 Å². The average Bonchev–Trinajstić information content (AvgIpc) is 2.71. The van der Waals surface area contributed by atoms with Gasteiger partial charge in [-0.3, -0.25) is 9.59 Å². The van der Waals surface area contributed by atoms with Crippen molar-refractivity contribution >= 4 is 17.5 Å². The van der Waals surface area contributed by atoms with E-state index in [4.69, 9.17) is 14.7 Å². The second-order valence-corrected chi connectivity index (χ2v) is 6.03. The number of nitrogens with zero attached hydrogens (tertiary/aromatic N) is 2. The molecule has 2 rings (SSSR count). The van der Waals surface area contributed by atoms with Crippen LogP contribution in [0.3, 0.4) is 0 Å². The van der Waals surface area contributed by atoms with Gasteiger partial charge in [-0.1, -0.05) is 12.1 Å². The molecule has 0 aliphatic rings. The maximum absolute atomic E-state index is 12.7. The molecule has 0 heterocycles. The molecule has 2 amide bonds. The minimum absolute atomic E-state index is 0.0987. The van der Waals surface area contributed by atoms with Crippen molar-refractivity contribution in [2.45, 2.75) is 20.0 Å². The highest BCUT2D eigenvalue weighted by atomic mass is 16.5. The zero-order chi connectivity index (χ0) is 20.5. The number of hydrogen-bond acceptors (Lipinski definition) is 5. The lowest BCUT2D eigenvalue weighted by atomic mass is 10.2. The van der Waals surface area contributed by atoms with Crippen molar-refractivity contribution in [3.8, 4) is 17.6 Å². The van der Waals surface area contributed by atoms with Crippen LogP contribution in [-0.2, 0) is 9.59 Å². The topological polar surface area (TPSA) is 91.7 Å². The van der Waals surface area contributed by atoms with Gasteiger partial charge in [0.25, 0.3) is 5.91 Å². The number of methoxy groups -OCH3 is 1. The Bertz CT molecular complexity index is 876. The lowest BCUT2D eigenvalue weighted by Crippen LogP contribution is -2.44. The van der Waals surface area contributed by atoms with Gasteiger partial charge in [0.15, 0.2) is 6.10 Å². The van der Waals surface area contributed by atoms with Crippen molar-refractivity contribution < 1.29 is 19.1 Å². The molecule has 2 aromatic rings. The summed E-state index contributed by atoms with van der Waals surface area (Å²) in [6, 6.07) is 15.6. The molecule has 0 radical (unpaired) electrons. The van der Waals surface area contributed by atoms with Crippen LogP contribution in [0.5, 0.6) is 11.5 Å². The van der Waals surface area contributed by atoms with Crippen LogP contribution in [0.4, 0.5) is 5.69 Å². The number of nitrogens with one attached hydrogen (secondary N) is 1. The van der Waals surface area contributed by atoms with Gasteiger partial charge in [0, 0.05) is 18.3 Å². The van der Waals surface area contributed by atoms with E-state index in [-0.39, 0.29) is 18.4 Å². The van der Waals surface area contributed by atoms with Crippen LogP contribution in [0.15, 0.2) is 48.5 Å². The maximum atomic E-state index is 12.7. The first-order valence-corrected chi connectivity index (χ1v) is 8.86. The van der Waals surface area contributed by atoms with Gasteiger partial charge in [0.05, 0.1) is 25.3 Å².